The second-order valence-corrected chi connectivity index (χ2v) is 16.9. The van der Waals surface area contributed by atoms with Gasteiger partial charge in [-0.25, -0.2) is 19.8 Å². The van der Waals surface area contributed by atoms with Crippen LogP contribution in [0, 0.1) is 6.57 Å². The van der Waals surface area contributed by atoms with Crippen LogP contribution < -0.4 is 0 Å². The number of para-hydroxylation sites is 1. The molecular formula is C59H32N4O2. The van der Waals surface area contributed by atoms with Crippen molar-refractivity contribution in [1.29, 1.82) is 0 Å². The summed E-state index contributed by atoms with van der Waals surface area (Å²) >= 11 is 0. The topological polar surface area (TPSA) is 69.3 Å². The molecule has 3 heterocycles. The van der Waals surface area contributed by atoms with Gasteiger partial charge in [0.25, 0.3) is 0 Å². The highest BCUT2D eigenvalue weighted by molar-refractivity contribution is 6.16. The summed E-state index contributed by atoms with van der Waals surface area (Å²) in [4.78, 5) is 19.0. The van der Waals surface area contributed by atoms with Crippen LogP contribution in [0.3, 0.4) is 0 Å². The lowest BCUT2D eigenvalue weighted by Crippen LogP contribution is -2.26. The molecule has 0 saturated heterocycles. The van der Waals surface area contributed by atoms with E-state index in [0.717, 1.165) is 111 Å². The minimum atomic E-state index is -0.762. The van der Waals surface area contributed by atoms with Gasteiger partial charge in [-0.3, -0.25) is 0 Å². The molecule has 9 aromatic carbocycles. The molecule has 0 N–H and O–H groups in total. The molecule has 65 heavy (non-hydrogen) atoms. The van der Waals surface area contributed by atoms with Gasteiger partial charge in [-0.15, -0.1) is 0 Å². The first-order chi connectivity index (χ1) is 32.1. The number of furan rings is 2. The van der Waals surface area contributed by atoms with Crippen molar-refractivity contribution in [1.82, 2.24) is 15.0 Å². The fourth-order valence-corrected chi connectivity index (χ4v) is 10.8. The molecule has 0 fully saturated rings. The molecule has 1 atom stereocenters. The Morgan fingerprint density at radius 1 is 0.369 bits per heavy atom. The summed E-state index contributed by atoms with van der Waals surface area (Å²) in [7, 11) is 0. The standard InChI is InChI=1S/C59H32N4O2/c1-60-39-24-25-41-40-19-8-10-21-47(40)59(48(41)31-39)49-33-53-45(42-20-9-11-22-50(42)65-53)32-44(49)43-26-28-52-54(55(43)59)46-30-37(23-27-51(46)64-52)36-17-12-18-38(29-36)58-62-56(34-13-4-2-5-14-34)61-57(63-58)35-15-6-3-7-16-35/h2-33H. The Morgan fingerprint density at radius 3 is 1.77 bits per heavy atom. The minimum Gasteiger partial charge on any atom is -0.456 e. The van der Waals surface area contributed by atoms with Gasteiger partial charge in [-0.05, 0) is 98.1 Å². The Morgan fingerprint density at radius 2 is 0.969 bits per heavy atom. The molecular weight excluding hydrogens is 797 g/mol. The molecule has 300 valence electrons. The van der Waals surface area contributed by atoms with Gasteiger partial charge in [0.05, 0.1) is 12.0 Å². The predicted molar refractivity (Wildman–Crippen MR) is 259 cm³/mol. The van der Waals surface area contributed by atoms with Crippen LogP contribution in [0.5, 0.6) is 0 Å². The van der Waals surface area contributed by atoms with Crippen LogP contribution in [0.1, 0.15) is 22.3 Å². The lowest BCUT2D eigenvalue weighted by Gasteiger charge is -2.31. The summed E-state index contributed by atoms with van der Waals surface area (Å²) in [5, 5.41) is 4.24. The average molecular weight is 829 g/mol. The number of benzene rings is 9. The lowest BCUT2D eigenvalue weighted by atomic mass is 9.69. The molecule has 1 spiro atoms. The van der Waals surface area contributed by atoms with E-state index in [1.807, 2.05) is 78.9 Å². The van der Waals surface area contributed by atoms with E-state index < -0.39 is 5.41 Å². The van der Waals surface area contributed by atoms with Gasteiger partial charge in [0.15, 0.2) is 23.2 Å². The van der Waals surface area contributed by atoms with Gasteiger partial charge in [0.2, 0.25) is 0 Å². The van der Waals surface area contributed by atoms with Crippen LogP contribution in [0.2, 0.25) is 0 Å². The first-order valence-electron chi connectivity index (χ1n) is 21.7. The first kappa shape index (κ1) is 35.7. The molecule has 12 aromatic rings. The van der Waals surface area contributed by atoms with E-state index in [9.17, 15) is 0 Å². The zero-order valence-corrected chi connectivity index (χ0v) is 34.6. The van der Waals surface area contributed by atoms with E-state index in [0.29, 0.717) is 23.2 Å². The quantitative estimate of drug-likeness (QED) is 0.165. The zero-order chi connectivity index (χ0) is 42.8. The summed E-state index contributed by atoms with van der Waals surface area (Å²) in [5.41, 5.74) is 17.1. The highest BCUT2D eigenvalue weighted by atomic mass is 16.3. The second kappa shape index (κ2) is 13.3. The molecule has 3 aromatic heterocycles. The largest absolute Gasteiger partial charge is 0.456 e. The summed E-state index contributed by atoms with van der Waals surface area (Å²) in [6.07, 6.45) is 0. The van der Waals surface area contributed by atoms with Crippen LogP contribution in [-0.4, -0.2) is 15.0 Å². The molecule has 0 radical (unpaired) electrons. The third kappa shape index (κ3) is 5.01. The Bertz CT molecular complexity index is 3970. The summed E-state index contributed by atoms with van der Waals surface area (Å²) in [6, 6.07) is 67.2. The van der Waals surface area contributed by atoms with Crippen molar-refractivity contribution in [3.63, 3.8) is 0 Å². The van der Waals surface area contributed by atoms with Gasteiger partial charge in [0.1, 0.15) is 22.3 Å². The number of nitrogens with zero attached hydrogens (tertiary/aromatic N) is 4. The average Bonchev–Trinajstić information content (AvgIpc) is 4.10. The highest BCUT2D eigenvalue weighted by Gasteiger charge is 2.53. The molecule has 0 amide bonds. The van der Waals surface area contributed by atoms with E-state index >= 15 is 0 Å². The van der Waals surface area contributed by atoms with E-state index in [-0.39, 0.29) is 0 Å². The van der Waals surface area contributed by atoms with Crippen LogP contribution >= 0.6 is 0 Å². The van der Waals surface area contributed by atoms with Crippen LogP contribution in [0.15, 0.2) is 203 Å². The molecule has 6 nitrogen and oxygen atoms in total. The molecule has 1 unspecified atom stereocenters. The Hall–Kier alpha value is -8.92. The second-order valence-electron chi connectivity index (χ2n) is 16.9. The number of hydrogen-bond acceptors (Lipinski definition) is 5. The molecule has 6 heteroatoms. The van der Waals surface area contributed by atoms with Crippen molar-refractivity contribution >= 4 is 49.6 Å². The van der Waals surface area contributed by atoms with Crippen LogP contribution in [0.25, 0.3) is 116 Å². The van der Waals surface area contributed by atoms with Gasteiger partial charge >= 0.3 is 0 Å². The maximum atomic E-state index is 8.16. The fourth-order valence-electron chi connectivity index (χ4n) is 10.8. The first-order valence-corrected chi connectivity index (χ1v) is 21.7. The van der Waals surface area contributed by atoms with Gasteiger partial charge in [-0.1, -0.05) is 152 Å². The van der Waals surface area contributed by atoms with E-state index in [4.69, 9.17) is 30.4 Å². The van der Waals surface area contributed by atoms with Crippen molar-refractivity contribution in [2.24, 2.45) is 0 Å². The maximum absolute atomic E-state index is 8.16. The minimum absolute atomic E-state index is 0.600. The molecule has 2 aliphatic rings. The normalized spacial score (nSPS) is 14.5. The third-order valence-electron chi connectivity index (χ3n) is 13.5. The summed E-state index contributed by atoms with van der Waals surface area (Å²) < 4.78 is 13.4. The summed E-state index contributed by atoms with van der Waals surface area (Å²) in [5.74, 6) is 1.84. The molecule has 0 saturated carbocycles. The third-order valence-corrected chi connectivity index (χ3v) is 13.5. The van der Waals surface area contributed by atoms with Crippen molar-refractivity contribution in [2.75, 3.05) is 0 Å². The highest BCUT2D eigenvalue weighted by Crippen LogP contribution is 2.65. The molecule has 0 aliphatic heterocycles. The van der Waals surface area contributed by atoms with Crippen molar-refractivity contribution in [3.8, 4) is 67.5 Å². The Kier molecular flexibility index (Phi) is 7.29. The summed E-state index contributed by atoms with van der Waals surface area (Å²) in [6.45, 7) is 8.16. The number of aromatic nitrogens is 3. The van der Waals surface area contributed by atoms with E-state index in [2.05, 4.69) is 120 Å². The van der Waals surface area contributed by atoms with E-state index in [1.165, 1.54) is 5.56 Å². The molecule has 14 rings (SSSR count). The number of fused-ring (bicyclic) bond motifs is 17. The molecule has 2 aliphatic carbocycles. The number of hydrogen-bond donors (Lipinski definition) is 0. The van der Waals surface area contributed by atoms with Crippen molar-refractivity contribution in [2.45, 2.75) is 5.41 Å². The SMILES string of the molecule is [C-]#[N+]c1ccc2c(c1)C1(c3ccccc3-2)c2cc3oc4ccccc4c3cc2-c2ccc3oc4ccc(-c5cccc(-c6nc(-c7ccccc7)nc(-c7ccccc7)n6)c5)cc4c3c21. The Labute approximate surface area is 372 Å². The molecule has 0 bridgehead atoms. The smallest absolute Gasteiger partial charge is 0.187 e. The zero-order valence-electron chi connectivity index (χ0n) is 34.6. The van der Waals surface area contributed by atoms with Gasteiger partial charge < -0.3 is 8.83 Å². The predicted octanol–water partition coefficient (Wildman–Crippen LogP) is 15.2. The fraction of sp³-hybridized carbons (Fsp3) is 0.0169. The Balaban J connectivity index is 1.01. The van der Waals surface area contributed by atoms with E-state index in [1.54, 1.807) is 0 Å². The monoisotopic (exact) mass is 828 g/mol. The van der Waals surface area contributed by atoms with Crippen molar-refractivity contribution in [3.05, 3.63) is 228 Å². The van der Waals surface area contributed by atoms with Crippen LogP contribution in [-0.2, 0) is 5.41 Å². The van der Waals surface area contributed by atoms with Gasteiger partial charge in [-0.2, -0.15) is 0 Å². The van der Waals surface area contributed by atoms with Crippen LogP contribution in [0.4, 0.5) is 5.69 Å². The number of rotatable bonds is 4. The van der Waals surface area contributed by atoms with Crippen molar-refractivity contribution < 1.29 is 8.83 Å². The maximum Gasteiger partial charge on any atom is 0.187 e. The lowest BCUT2D eigenvalue weighted by molar-refractivity contribution is 0.666. The van der Waals surface area contributed by atoms with Gasteiger partial charge in [0, 0.05) is 38.2 Å².